The highest BCUT2D eigenvalue weighted by Gasteiger charge is 2.24. The Bertz CT molecular complexity index is 272. The van der Waals surface area contributed by atoms with Crippen molar-refractivity contribution in [2.24, 2.45) is 5.73 Å². The predicted molar refractivity (Wildman–Crippen MR) is 56.5 cm³/mol. The first-order valence-corrected chi connectivity index (χ1v) is 6.26. The van der Waals surface area contributed by atoms with E-state index < -0.39 is 22.6 Å². The summed E-state index contributed by atoms with van der Waals surface area (Å²) in [4.78, 5) is 24.2. The van der Waals surface area contributed by atoms with Crippen molar-refractivity contribution in [1.29, 1.82) is 0 Å². The lowest BCUT2D eigenvalue weighted by molar-refractivity contribution is -0.145. The van der Waals surface area contributed by atoms with Gasteiger partial charge in [0.1, 0.15) is 0 Å². The quantitative estimate of drug-likeness (QED) is 0.522. The zero-order valence-electron chi connectivity index (χ0n) is 8.40. The highest BCUT2D eigenvalue weighted by atomic mass is 32.2. The molecule has 1 heterocycles. The summed E-state index contributed by atoms with van der Waals surface area (Å²) in [7, 11) is -0.842. The molecule has 15 heavy (non-hydrogen) atoms. The molecule has 0 saturated carbocycles. The maximum atomic E-state index is 11.5. The summed E-state index contributed by atoms with van der Waals surface area (Å²) in [6.07, 6.45) is 0. The average Bonchev–Trinajstić information content (AvgIpc) is 2.26. The number of carbonyl (C=O) groups excluding carboxylic acids is 2. The minimum absolute atomic E-state index is 0.296. The van der Waals surface area contributed by atoms with E-state index in [1.54, 1.807) is 0 Å². The van der Waals surface area contributed by atoms with Crippen molar-refractivity contribution in [2.45, 2.75) is 0 Å². The second-order valence-corrected chi connectivity index (χ2v) is 4.88. The van der Waals surface area contributed by atoms with E-state index in [0.717, 1.165) is 0 Å². The van der Waals surface area contributed by atoms with Crippen LogP contribution in [0.3, 0.4) is 0 Å². The van der Waals surface area contributed by atoms with Crippen molar-refractivity contribution in [3.05, 3.63) is 0 Å². The molecule has 0 aromatic heterocycles. The average molecular weight is 233 g/mol. The van der Waals surface area contributed by atoms with E-state index in [2.05, 4.69) is 5.32 Å². The number of nitrogens with one attached hydrogen (secondary N) is 1. The van der Waals surface area contributed by atoms with Crippen LogP contribution in [0, 0.1) is 0 Å². The molecule has 6 nitrogen and oxygen atoms in total. The van der Waals surface area contributed by atoms with Gasteiger partial charge in [-0.2, -0.15) is 0 Å². The minimum atomic E-state index is -0.842. The Morgan fingerprint density at radius 1 is 1.33 bits per heavy atom. The highest BCUT2D eigenvalue weighted by Crippen LogP contribution is 2.00. The van der Waals surface area contributed by atoms with Crippen LogP contribution in [-0.4, -0.2) is 58.6 Å². The number of nitrogens with zero attached hydrogens (tertiary/aromatic N) is 1. The highest BCUT2D eigenvalue weighted by molar-refractivity contribution is 7.85. The summed E-state index contributed by atoms with van der Waals surface area (Å²) in [6, 6.07) is 0. The van der Waals surface area contributed by atoms with Gasteiger partial charge in [-0.05, 0) is 0 Å². The lowest BCUT2D eigenvalue weighted by atomic mass is 10.4. The van der Waals surface area contributed by atoms with Crippen LogP contribution in [0.25, 0.3) is 0 Å². The third-order valence-corrected chi connectivity index (χ3v) is 3.36. The third-order valence-electron chi connectivity index (χ3n) is 2.09. The van der Waals surface area contributed by atoms with Crippen molar-refractivity contribution < 1.29 is 13.8 Å². The molecule has 0 unspecified atom stereocenters. The predicted octanol–water partition coefficient (Wildman–Crippen LogP) is -2.35. The first-order chi connectivity index (χ1) is 7.15. The molecule has 7 heteroatoms. The van der Waals surface area contributed by atoms with E-state index in [1.165, 1.54) is 4.90 Å². The van der Waals surface area contributed by atoms with Gasteiger partial charge in [-0.1, -0.05) is 0 Å². The van der Waals surface area contributed by atoms with Gasteiger partial charge in [0.15, 0.2) is 0 Å². The Morgan fingerprint density at radius 2 is 1.93 bits per heavy atom. The maximum absolute atomic E-state index is 11.5. The van der Waals surface area contributed by atoms with Gasteiger partial charge in [0.25, 0.3) is 0 Å². The molecule has 0 atom stereocenters. The molecule has 1 aliphatic rings. The molecule has 2 amide bonds. The van der Waals surface area contributed by atoms with Crippen LogP contribution in [0.4, 0.5) is 0 Å². The van der Waals surface area contributed by atoms with Crippen molar-refractivity contribution >= 4 is 22.6 Å². The molecule has 3 N–H and O–H groups in total. The van der Waals surface area contributed by atoms with Crippen LogP contribution in [0.1, 0.15) is 0 Å². The monoisotopic (exact) mass is 233 g/mol. The van der Waals surface area contributed by atoms with Gasteiger partial charge >= 0.3 is 11.8 Å². The summed E-state index contributed by atoms with van der Waals surface area (Å²) < 4.78 is 11.0. The molecule has 0 aromatic carbocycles. The lowest BCUT2D eigenvalue weighted by Crippen LogP contribution is -2.49. The van der Waals surface area contributed by atoms with Crippen molar-refractivity contribution in [3.63, 3.8) is 0 Å². The van der Waals surface area contributed by atoms with Crippen LogP contribution in [-0.2, 0) is 20.4 Å². The summed E-state index contributed by atoms with van der Waals surface area (Å²) >= 11 is 0. The number of hydrogen-bond donors (Lipinski definition) is 2. The fraction of sp³-hybridized carbons (Fsp3) is 0.750. The summed E-state index contributed by atoms with van der Waals surface area (Å²) in [6.45, 7) is 1.39. The Kier molecular flexibility index (Phi) is 4.70. The van der Waals surface area contributed by atoms with E-state index in [-0.39, 0.29) is 0 Å². The SMILES string of the molecule is NCCNC(=O)C(=O)N1CCS(=O)CC1. The topological polar surface area (TPSA) is 92.5 Å². The van der Waals surface area contributed by atoms with Gasteiger partial charge in [0.05, 0.1) is 0 Å². The first kappa shape index (κ1) is 12.1. The zero-order valence-corrected chi connectivity index (χ0v) is 9.22. The molecule has 0 radical (unpaired) electrons. The van der Waals surface area contributed by atoms with Crippen LogP contribution in [0.2, 0.25) is 0 Å². The van der Waals surface area contributed by atoms with Crippen LogP contribution < -0.4 is 11.1 Å². The lowest BCUT2D eigenvalue weighted by Gasteiger charge is -2.25. The number of carbonyl (C=O) groups is 2. The van der Waals surface area contributed by atoms with Crippen LogP contribution in [0.5, 0.6) is 0 Å². The normalized spacial score (nSPS) is 17.5. The van der Waals surface area contributed by atoms with Gasteiger partial charge in [0.2, 0.25) is 0 Å². The van der Waals surface area contributed by atoms with E-state index in [4.69, 9.17) is 5.73 Å². The maximum Gasteiger partial charge on any atom is 0.311 e. The molecule has 86 valence electrons. The number of amides is 2. The van der Waals surface area contributed by atoms with E-state index in [0.29, 0.717) is 37.7 Å². The molecule has 1 saturated heterocycles. The molecule has 0 aliphatic carbocycles. The number of nitrogens with two attached hydrogens (primary N) is 1. The molecular formula is C8H15N3O3S. The minimum Gasteiger partial charge on any atom is -0.347 e. The Balaban J connectivity index is 2.39. The number of hydrogen-bond acceptors (Lipinski definition) is 4. The molecule has 1 fully saturated rings. The molecule has 1 rings (SSSR count). The summed E-state index contributed by atoms with van der Waals surface area (Å²) in [5, 5.41) is 2.41. The fourth-order valence-corrected chi connectivity index (χ4v) is 2.30. The molecular weight excluding hydrogens is 218 g/mol. The Morgan fingerprint density at radius 3 is 2.47 bits per heavy atom. The Labute approximate surface area is 90.6 Å². The van der Waals surface area contributed by atoms with E-state index in [9.17, 15) is 13.8 Å². The van der Waals surface area contributed by atoms with Crippen molar-refractivity contribution in [1.82, 2.24) is 10.2 Å². The fourth-order valence-electron chi connectivity index (χ4n) is 1.25. The van der Waals surface area contributed by atoms with E-state index >= 15 is 0 Å². The molecule has 0 aromatic rings. The summed E-state index contributed by atoms with van der Waals surface area (Å²) in [5.74, 6) is -0.278. The standard InChI is InChI=1S/C8H15N3O3S/c9-1-2-10-7(12)8(13)11-3-5-15(14)6-4-11/h1-6,9H2,(H,10,12). The second-order valence-electron chi connectivity index (χ2n) is 3.18. The van der Waals surface area contributed by atoms with Crippen LogP contribution >= 0.6 is 0 Å². The summed E-state index contributed by atoms with van der Waals surface area (Å²) in [5.41, 5.74) is 5.19. The smallest absolute Gasteiger partial charge is 0.311 e. The molecule has 0 spiro atoms. The van der Waals surface area contributed by atoms with Gasteiger partial charge < -0.3 is 16.0 Å². The van der Waals surface area contributed by atoms with Crippen molar-refractivity contribution in [3.8, 4) is 0 Å². The number of rotatable bonds is 2. The zero-order chi connectivity index (χ0) is 11.3. The van der Waals surface area contributed by atoms with Crippen LogP contribution in [0.15, 0.2) is 0 Å². The molecule has 1 aliphatic heterocycles. The largest absolute Gasteiger partial charge is 0.347 e. The Hall–Kier alpha value is -0.950. The van der Waals surface area contributed by atoms with Gasteiger partial charge in [-0.25, -0.2) is 0 Å². The van der Waals surface area contributed by atoms with Gasteiger partial charge in [-0.3, -0.25) is 13.8 Å². The van der Waals surface area contributed by atoms with Crippen molar-refractivity contribution in [2.75, 3.05) is 37.7 Å². The molecule has 0 bridgehead atoms. The second kappa shape index (κ2) is 5.82. The van der Waals surface area contributed by atoms with Gasteiger partial charge in [0, 0.05) is 48.5 Å². The van der Waals surface area contributed by atoms with Gasteiger partial charge in [-0.15, -0.1) is 0 Å². The third kappa shape index (κ3) is 3.60. The van der Waals surface area contributed by atoms with E-state index in [1.807, 2.05) is 0 Å². The first-order valence-electron chi connectivity index (χ1n) is 4.77.